The molecular formula is C16H26N4. The van der Waals surface area contributed by atoms with Crippen molar-refractivity contribution >= 4 is 17.7 Å². The lowest BCUT2D eigenvalue weighted by Gasteiger charge is -2.12. The van der Waals surface area contributed by atoms with Crippen LogP contribution in [0.15, 0.2) is 4.99 Å². The zero-order valence-electron chi connectivity index (χ0n) is 12.9. The van der Waals surface area contributed by atoms with Crippen molar-refractivity contribution in [2.24, 2.45) is 4.99 Å². The molecular weight excluding hydrogens is 248 g/mol. The minimum atomic E-state index is 0.568. The molecule has 0 aromatic carbocycles. The molecule has 0 unspecified atom stereocenters. The maximum atomic E-state index is 4.66. The standard InChI is InChI=1S/C16H26N4/c1-4-6-7-11-17-14-12(3)19-15(13-8-9-13)20-16(14)18-10-5-2/h10,13,17H,4-9,11H2,1-3H3. The van der Waals surface area contributed by atoms with Crippen LogP contribution in [0, 0.1) is 6.92 Å². The number of hydrogen-bond acceptors (Lipinski definition) is 4. The van der Waals surface area contributed by atoms with Crippen molar-refractivity contribution < 1.29 is 0 Å². The molecule has 0 amide bonds. The van der Waals surface area contributed by atoms with Crippen molar-refractivity contribution in [3.8, 4) is 0 Å². The molecule has 1 aromatic heterocycles. The minimum Gasteiger partial charge on any atom is -0.381 e. The van der Waals surface area contributed by atoms with Crippen LogP contribution in [-0.2, 0) is 0 Å². The quantitative estimate of drug-likeness (QED) is 0.565. The van der Waals surface area contributed by atoms with Crippen molar-refractivity contribution in [1.82, 2.24) is 9.97 Å². The zero-order valence-corrected chi connectivity index (χ0v) is 12.9. The van der Waals surface area contributed by atoms with Crippen LogP contribution in [0.3, 0.4) is 0 Å². The van der Waals surface area contributed by atoms with Crippen molar-refractivity contribution in [3.05, 3.63) is 11.5 Å². The van der Waals surface area contributed by atoms with E-state index in [0.717, 1.165) is 36.0 Å². The first-order valence-electron chi connectivity index (χ1n) is 7.91. The number of anilines is 1. The summed E-state index contributed by atoms with van der Waals surface area (Å²) in [6.07, 6.45) is 8.96. The number of aromatic nitrogens is 2. The Balaban J connectivity index is 2.16. The van der Waals surface area contributed by atoms with Gasteiger partial charge in [0.2, 0.25) is 0 Å². The molecule has 0 bridgehead atoms. The highest BCUT2D eigenvalue weighted by Crippen LogP contribution is 2.40. The fourth-order valence-corrected chi connectivity index (χ4v) is 2.17. The van der Waals surface area contributed by atoms with Gasteiger partial charge >= 0.3 is 0 Å². The lowest BCUT2D eigenvalue weighted by molar-refractivity contribution is 0.742. The Bertz CT molecular complexity index is 464. The fourth-order valence-electron chi connectivity index (χ4n) is 2.17. The number of nitrogens with one attached hydrogen (secondary N) is 1. The highest BCUT2D eigenvalue weighted by Gasteiger charge is 2.28. The number of nitrogens with zero attached hydrogens (tertiary/aromatic N) is 3. The molecule has 1 aliphatic carbocycles. The second-order valence-corrected chi connectivity index (χ2v) is 5.49. The van der Waals surface area contributed by atoms with Gasteiger partial charge in [0.1, 0.15) is 11.5 Å². The van der Waals surface area contributed by atoms with Gasteiger partial charge < -0.3 is 5.32 Å². The van der Waals surface area contributed by atoms with E-state index in [1.54, 1.807) is 0 Å². The summed E-state index contributed by atoms with van der Waals surface area (Å²) in [6.45, 7) is 7.33. The van der Waals surface area contributed by atoms with Gasteiger partial charge in [-0.2, -0.15) is 0 Å². The Kier molecular flexibility index (Phi) is 5.50. The molecule has 1 aliphatic rings. The van der Waals surface area contributed by atoms with Crippen LogP contribution in [0.2, 0.25) is 0 Å². The van der Waals surface area contributed by atoms with Crippen molar-refractivity contribution in [3.63, 3.8) is 0 Å². The van der Waals surface area contributed by atoms with Gasteiger partial charge in [0.15, 0.2) is 5.82 Å². The molecule has 110 valence electrons. The normalized spacial score (nSPS) is 14.9. The first kappa shape index (κ1) is 14.9. The SMILES string of the molecule is CCC=Nc1nc(C2CC2)nc(C)c1NCCCCC. The second-order valence-electron chi connectivity index (χ2n) is 5.49. The van der Waals surface area contributed by atoms with Gasteiger partial charge in [-0.25, -0.2) is 15.0 Å². The number of aryl methyl sites for hydroxylation is 1. The van der Waals surface area contributed by atoms with Crippen LogP contribution in [-0.4, -0.2) is 22.7 Å². The lowest BCUT2D eigenvalue weighted by atomic mass is 10.2. The van der Waals surface area contributed by atoms with Gasteiger partial charge in [0.05, 0.1) is 5.69 Å². The third-order valence-electron chi connectivity index (χ3n) is 3.51. The summed E-state index contributed by atoms with van der Waals surface area (Å²) in [6, 6.07) is 0. The molecule has 0 atom stereocenters. The molecule has 0 aliphatic heterocycles. The van der Waals surface area contributed by atoms with Crippen LogP contribution in [0.25, 0.3) is 0 Å². The topological polar surface area (TPSA) is 50.2 Å². The molecule has 0 saturated heterocycles. The average Bonchev–Trinajstić information content (AvgIpc) is 3.27. The Labute approximate surface area is 122 Å². The molecule has 4 heteroatoms. The molecule has 1 aromatic rings. The maximum absolute atomic E-state index is 4.66. The smallest absolute Gasteiger partial charge is 0.178 e. The van der Waals surface area contributed by atoms with Crippen molar-refractivity contribution in [1.29, 1.82) is 0 Å². The Morgan fingerprint density at radius 3 is 2.70 bits per heavy atom. The van der Waals surface area contributed by atoms with Gasteiger partial charge in [-0.15, -0.1) is 0 Å². The zero-order chi connectivity index (χ0) is 14.4. The second kappa shape index (κ2) is 7.36. The third kappa shape index (κ3) is 4.02. The molecule has 0 radical (unpaired) electrons. The molecule has 20 heavy (non-hydrogen) atoms. The van der Waals surface area contributed by atoms with Crippen LogP contribution in [0.4, 0.5) is 11.5 Å². The first-order chi connectivity index (χ1) is 9.76. The molecule has 1 fully saturated rings. The van der Waals surface area contributed by atoms with E-state index < -0.39 is 0 Å². The van der Waals surface area contributed by atoms with E-state index in [2.05, 4.69) is 41.0 Å². The van der Waals surface area contributed by atoms with E-state index in [0.29, 0.717) is 5.92 Å². The summed E-state index contributed by atoms with van der Waals surface area (Å²) < 4.78 is 0. The molecule has 4 nitrogen and oxygen atoms in total. The molecule has 1 heterocycles. The third-order valence-corrected chi connectivity index (χ3v) is 3.51. The summed E-state index contributed by atoms with van der Waals surface area (Å²) in [5.41, 5.74) is 2.04. The van der Waals surface area contributed by atoms with Gasteiger partial charge in [-0.3, -0.25) is 0 Å². The predicted molar refractivity (Wildman–Crippen MR) is 85.2 cm³/mol. The van der Waals surface area contributed by atoms with E-state index >= 15 is 0 Å². The summed E-state index contributed by atoms with van der Waals surface area (Å²) in [5.74, 6) is 2.36. The van der Waals surface area contributed by atoms with Crippen LogP contribution in [0.5, 0.6) is 0 Å². The number of aliphatic imine (C=N–C) groups is 1. The summed E-state index contributed by atoms with van der Waals surface area (Å²) in [7, 11) is 0. The van der Waals surface area contributed by atoms with E-state index in [-0.39, 0.29) is 0 Å². The van der Waals surface area contributed by atoms with Gasteiger partial charge in [-0.05, 0) is 32.6 Å². The van der Waals surface area contributed by atoms with Gasteiger partial charge in [0, 0.05) is 18.7 Å². The average molecular weight is 274 g/mol. The number of rotatable bonds is 8. The maximum Gasteiger partial charge on any atom is 0.178 e. The summed E-state index contributed by atoms with van der Waals surface area (Å²) in [4.78, 5) is 13.8. The highest BCUT2D eigenvalue weighted by atomic mass is 15.1. The molecule has 0 spiro atoms. The molecule has 1 saturated carbocycles. The Hall–Kier alpha value is -1.45. The Morgan fingerprint density at radius 2 is 2.05 bits per heavy atom. The number of hydrogen-bond donors (Lipinski definition) is 1. The molecule has 2 rings (SSSR count). The van der Waals surface area contributed by atoms with Crippen LogP contribution in [0.1, 0.15) is 69.8 Å². The summed E-state index contributed by atoms with van der Waals surface area (Å²) in [5, 5.41) is 3.47. The van der Waals surface area contributed by atoms with Gasteiger partial charge in [-0.1, -0.05) is 26.7 Å². The van der Waals surface area contributed by atoms with Crippen LogP contribution < -0.4 is 5.32 Å². The lowest BCUT2D eigenvalue weighted by Crippen LogP contribution is -2.07. The van der Waals surface area contributed by atoms with Crippen molar-refractivity contribution in [2.75, 3.05) is 11.9 Å². The monoisotopic (exact) mass is 274 g/mol. The fraction of sp³-hybridized carbons (Fsp3) is 0.688. The van der Waals surface area contributed by atoms with Crippen LogP contribution >= 0.6 is 0 Å². The summed E-state index contributed by atoms with van der Waals surface area (Å²) >= 11 is 0. The minimum absolute atomic E-state index is 0.568. The first-order valence-corrected chi connectivity index (χ1v) is 7.91. The predicted octanol–water partition coefficient (Wildman–Crippen LogP) is 4.38. The number of unbranched alkanes of at least 4 members (excludes halogenated alkanes) is 2. The molecule has 1 N–H and O–H groups in total. The Morgan fingerprint density at radius 1 is 1.25 bits per heavy atom. The van der Waals surface area contributed by atoms with Gasteiger partial charge in [0.25, 0.3) is 0 Å². The van der Waals surface area contributed by atoms with E-state index in [4.69, 9.17) is 0 Å². The van der Waals surface area contributed by atoms with Crippen molar-refractivity contribution in [2.45, 2.75) is 65.2 Å². The van der Waals surface area contributed by atoms with E-state index in [1.807, 2.05) is 6.21 Å². The highest BCUT2D eigenvalue weighted by molar-refractivity contribution is 5.70. The van der Waals surface area contributed by atoms with E-state index in [9.17, 15) is 0 Å². The largest absolute Gasteiger partial charge is 0.381 e. The van der Waals surface area contributed by atoms with E-state index in [1.165, 1.54) is 32.1 Å².